The van der Waals surface area contributed by atoms with Crippen LogP contribution >= 0.6 is 0 Å². The van der Waals surface area contributed by atoms with E-state index in [1.54, 1.807) is 7.11 Å². The second-order valence-electron chi connectivity index (χ2n) is 7.22. The molecule has 1 aromatic carbocycles. The van der Waals surface area contributed by atoms with Crippen molar-refractivity contribution in [2.45, 2.75) is 51.0 Å². The number of hydrazine groups is 1. The van der Waals surface area contributed by atoms with Crippen LogP contribution in [0.15, 0.2) is 24.3 Å². The van der Waals surface area contributed by atoms with E-state index in [-0.39, 0.29) is 18.2 Å². The molecule has 0 unspecified atom stereocenters. The molecule has 4 amide bonds. The topological polar surface area (TPSA) is 87.7 Å². The summed E-state index contributed by atoms with van der Waals surface area (Å²) >= 11 is 0. The number of imide groups is 1. The van der Waals surface area contributed by atoms with Crippen molar-refractivity contribution in [3.05, 3.63) is 29.8 Å². The number of nitrogens with one attached hydrogen (secondary N) is 2. The molecule has 3 rings (SSSR count). The van der Waals surface area contributed by atoms with Crippen molar-refractivity contribution in [3.63, 3.8) is 0 Å². The molecule has 1 saturated heterocycles. The largest absolute Gasteiger partial charge is 0.497 e. The Labute approximate surface area is 153 Å². The smallest absolute Gasteiger partial charge is 0.344 e. The number of benzene rings is 1. The molecule has 140 valence electrons. The molecular formula is C19H25N3O4. The molecule has 1 aliphatic carbocycles. The molecule has 1 spiro atoms. The second kappa shape index (κ2) is 7.35. The van der Waals surface area contributed by atoms with Crippen LogP contribution in [-0.2, 0) is 16.0 Å². The number of carbonyl (C=O) groups is 3. The maximum atomic E-state index is 12.7. The minimum Gasteiger partial charge on any atom is -0.497 e. The normalized spacial score (nSPS) is 25.3. The highest BCUT2D eigenvalue weighted by Crippen LogP contribution is 2.35. The fourth-order valence-corrected chi connectivity index (χ4v) is 3.55. The number of carbonyl (C=O) groups excluding carboxylic acids is 3. The predicted octanol–water partition coefficient (Wildman–Crippen LogP) is 2.16. The Hall–Kier alpha value is -2.57. The van der Waals surface area contributed by atoms with Crippen LogP contribution in [0.5, 0.6) is 5.75 Å². The van der Waals surface area contributed by atoms with Gasteiger partial charge in [0.05, 0.1) is 7.11 Å². The molecule has 7 nitrogen and oxygen atoms in total. The van der Waals surface area contributed by atoms with Gasteiger partial charge in [-0.1, -0.05) is 19.1 Å². The Morgan fingerprint density at radius 3 is 2.54 bits per heavy atom. The number of urea groups is 1. The highest BCUT2D eigenvalue weighted by Gasteiger charge is 2.52. The van der Waals surface area contributed by atoms with Crippen LogP contribution in [0.1, 0.15) is 44.6 Å². The van der Waals surface area contributed by atoms with Crippen molar-refractivity contribution in [1.29, 1.82) is 0 Å². The maximum Gasteiger partial charge on any atom is 0.344 e. The molecule has 0 bridgehead atoms. The Bertz CT molecular complexity index is 693. The molecule has 1 aromatic rings. The van der Waals surface area contributed by atoms with Crippen LogP contribution in [0, 0.1) is 5.92 Å². The first-order chi connectivity index (χ1) is 12.4. The Balaban J connectivity index is 1.55. The number of amides is 4. The van der Waals surface area contributed by atoms with Gasteiger partial charge in [-0.25, -0.2) is 4.79 Å². The van der Waals surface area contributed by atoms with E-state index in [0.717, 1.165) is 29.2 Å². The monoisotopic (exact) mass is 359 g/mol. The van der Waals surface area contributed by atoms with Crippen LogP contribution < -0.4 is 15.5 Å². The van der Waals surface area contributed by atoms with Gasteiger partial charge in [0.25, 0.3) is 5.91 Å². The zero-order valence-electron chi connectivity index (χ0n) is 15.2. The van der Waals surface area contributed by atoms with Gasteiger partial charge in [0, 0.05) is 6.42 Å². The minimum absolute atomic E-state index is 0.188. The summed E-state index contributed by atoms with van der Waals surface area (Å²) in [5.41, 5.74) is 2.60. The first-order valence-corrected chi connectivity index (χ1v) is 9.02. The van der Waals surface area contributed by atoms with E-state index in [1.807, 2.05) is 24.3 Å². The van der Waals surface area contributed by atoms with Crippen molar-refractivity contribution in [2.24, 2.45) is 5.92 Å². The van der Waals surface area contributed by atoms with Crippen molar-refractivity contribution in [3.8, 4) is 5.75 Å². The van der Waals surface area contributed by atoms with Crippen molar-refractivity contribution in [1.82, 2.24) is 15.8 Å². The van der Waals surface area contributed by atoms with Gasteiger partial charge in [-0.2, -0.15) is 5.01 Å². The van der Waals surface area contributed by atoms with E-state index >= 15 is 0 Å². The van der Waals surface area contributed by atoms with Gasteiger partial charge < -0.3 is 10.1 Å². The number of hydrogen-bond acceptors (Lipinski definition) is 4. The third-order valence-electron chi connectivity index (χ3n) is 5.33. The average molecular weight is 359 g/mol. The molecule has 0 aromatic heterocycles. The molecule has 1 aliphatic heterocycles. The van der Waals surface area contributed by atoms with Crippen LogP contribution in [0.4, 0.5) is 4.79 Å². The number of ether oxygens (including phenoxy) is 1. The molecule has 2 N–H and O–H groups in total. The van der Waals surface area contributed by atoms with Crippen molar-refractivity contribution in [2.75, 3.05) is 7.11 Å². The van der Waals surface area contributed by atoms with E-state index in [1.165, 1.54) is 0 Å². The van der Waals surface area contributed by atoms with Crippen molar-refractivity contribution >= 4 is 17.8 Å². The molecule has 2 fully saturated rings. The SMILES string of the molecule is COc1ccc(CCC(=O)NN2C(=O)NC3(CCC(C)CC3)C2=O)cc1. The third kappa shape index (κ3) is 3.66. The second-order valence-corrected chi connectivity index (χ2v) is 7.22. The van der Waals surface area contributed by atoms with E-state index in [4.69, 9.17) is 4.74 Å². The molecule has 26 heavy (non-hydrogen) atoms. The molecule has 1 saturated carbocycles. The summed E-state index contributed by atoms with van der Waals surface area (Å²) in [5.74, 6) is 0.612. The highest BCUT2D eigenvalue weighted by atomic mass is 16.5. The van der Waals surface area contributed by atoms with Gasteiger partial charge in [-0.05, 0) is 55.7 Å². The van der Waals surface area contributed by atoms with Gasteiger partial charge in [-0.3, -0.25) is 15.0 Å². The van der Waals surface area contributed by atoms with Crippen LogP contribution in [0.2, 0.25) is 0 Å². The number of methoxy groups -OCH3 is 1. The predicted molar refractivity (Wildman–Crippen MR) is 95.2 cm³/mol. The van der Waals surface area contributed by atoms with Gasteiger partial charge in [-0.15, -0.1) is 0 Å². The first kappa shape index (κ1) is 18.2. The first-order valence-electron chi connectivity index (χ1n) is 9.02. The lowest BCUT2D eigenvalue weighted by atomic mass is 9.77. The lowest BCUT2D eigenvalue weighted by Crippen LogP contribution is -2.51. The van der Waals surface area contributed by atoms with Crippen LogP contribution in [0.25, 0.3) is 0 Å². The molecule has 7 heteroatoms. The number of hydrogen-bond donors (Lipinski definition) is 2. The Morgan fingerprint density at radius 2 is 1.92 bits per heavy atom. The van der Waals surface area contributed by atoms with Crippen molar-refractivity contribution < 1.29 is 19.1 Å². The Kier molecular flexibility index (Phi) is 5.15. The molecule has 0 radical (unpaired) electrons. The standard InChI is InChI=1S/C19H25N3O4/c1-13-9-11-19(12-10-13)17(24)22(18(25)20-19)21-16(23)8-5-14-3-6-15(26-2)7-4-14/h3-4,6-7,13H,5,8-12H2,1-2H3,(H,20,25)(H,21,23). The number of nitrogens with zero attached hydrogens (tertiary/aromatic N) is 1. The Morgan fingerprint density at radius 1 is 1.27 bits per heavy atom. The van der Waals surface area contributed by atoms with Crippen LogP contribution in [-0.4, -0.2) is 35.5 Å². The van der Waals surface area contributed by atoms with E-state index in [0.29, 0.717) is 25.2 Å². The summed E-state index contributed by atoms with van der Waals surface area (Å²) in [6.45, 7) is 2.15. The lowest BCUT2D eigenvalue weighted by molar-refractivity contribution is -0.140. The maximum absolute atomic E-state index is 12.7. The fraction of sp³-hybridized carbons (Fsp3) is 0.526. The van der Waals surface area contributed by atoms with E-state index in [2.05, 4.69) is 17.7 Å². The molecule has 2 aliphatic rings. The zero-order chi connectivity index (χ0) is 18.7. The molecule has 0 atom stereocenters. The summed E-state index contributed by atoms with van der Waals surface area (Å²) < 4.78 is 5.10. The molecule has 1 heterocycles. The van der Waals surface area contributed by atoms with Gasteiger partial charge >= 0.3 is 6.03 Å². The van der Waals surface area contributed by atoms with Gasteiger partial charge in [0.1, 0.15) is 11.3 Å². The minimum atomic E-state index is -0.840. The average Bonchev–Trinajstić information content (AvgIpc) is 2.87. The fourth-order valence-electron chi connectivity index (χ4n) is 3.55. The number of aryl methyl sites for hydroxylation is 1. The molecular weight excluding hydrogens is 334 g/mol. The van der Waals surface area contributed by atoms with Gasteiger partial charge in [0.2, 0.25) is 5.91 Å². The summed E-state index contributed by atoms with van der Waals surface area (Å²) in [4.78, 5) is 37.1. The summed E-state index contributed by atoms with van der Waals surface area (Å²) in [5, 5.41) is 3.64. The summed E-state index contributed by atoms with van der Waals surface area (Å²) in [6, 6.07) is 6.90. The van der Waals surface area contributed by atoms with Crippen LogP contribution in [0.3, 0.4) is 0 Å². The van der Waals surface area contributed by atoms with E-state index < -0.39 is 11.6 Å². The van der Waals surface area contributed by atoms with Gasteiger partial charge in [0.15, 0.2) is 0 Å². The zero-order valence-corrected chi connectivity index (χ0v) is 15.2. The lowest BCUT2D eigenvalue weighted by Gasteiger charge is -2.33. The van der Waals surface area contributed by atoms with E-state index in [9.17, 15) is 14.4 Å². The summed E-state index contributed by atoms with van der Waals surface area (Å²) in [7, 11) is 1.60. The summed E-state index contributed by atoms with van der Waals surface area (Å²) in [6.07, 6.45) is 3.74. The highest BCUT2D eigenvalue weighted by molar-refractivity contribution is 6.08. The quantitative estimate of drug-likeness (QED) is 0.789. The number of rotatable bonds is 5. The third-order valence-corrected chi connectivity index (χ3v) is 5.33.